The summed E-state index contributed by atoms with van der Waals surface area (Å²) in [6.45, 7) is 2.63. The van der Waals surface area contributed by atoms with Gasteiger partial charge in [-0.2, -0.15) is 18.4 Å². The number of hydrogen-bond donors (Lipinski definition) is 0. The lowest BCUT2D eigenvalue weighted by atomic mass is 10.1. The maximum absolute atomic E-state index is 12.8. The Morgan fingerprint density at radius 1 is 0.926 bits per heavy atom. The van der Waals surface area contributed by atoms with Crippen molar-refractivity contribution >= 4 is 5.69 Å². The van der Waals surface area contributed by atoms with Crippen LogP contribution in [-0.2, 0) is 12.7 Å². The van der Waals surface area contributed by atoms with Gasteiger partial charge in [0.15, 0.2) is 0 Å². The quantitative estimate of drug-likeness (QED) is 0.800. The van der Waals surface area contributed by atoms with E-state index in [9.17, 15) is 13.2 Å². The zero-order valence-electron chi connectivity index (χ0n) is 14.8. The van der Waals surface area contributed by atoms with Crippen LogP contribution in [0, 0.1) is 11.3 Å². The summed E-state index contributed by atoms with van der Waals surface area (Å²) in [5.41, 5.74) is 2.12. The maximum atomic E-state index is 12.8. The first-order valence-corrected chi connectivity index (χ1v) is 9.11. The van der Waals surface area contributed by atoms with E-state index in [-0.39, 0.29) is 0 Å². The van der Waals surface area contributed by atoms with Gasteiger partial charge in [-0.15, -0.1) is 0 Å². The fourth-order valence-electron chi connectivity index (χ4n) is 4.31. The minimum atomic E-state index is -4.29. The molecule has 6 heteroatoms. The van der Waals surface area contributed by atoms with Gasteiger partial charge in [0, 0.05) is 37.4 Å². The van der Waals surface area contributed by atoms with Crippen molar-refractivity contribution in [2.75, 3.05) is 18.0 Å². The summed E-state index contributed by atoms with van der Waals surface area (Å²) in [5, 5.41) is 8.90. The summed E-state index contributed by atoms with van der Waals surface area (Å²) >= 11 is 0. The number of rotatable bonds is 3. The van der Waals surface area contributed by atoms with E-state index in [1.165, 1.54) is 17.7 Å². The Balaban J connectivity index is 1.45. The van der Waals surface area contributed by atoms with E-state index in [4.69, 9.17) is 5.26 Å². The summed E-state index contributed by atoms with van der Waals surface area (Å²) in [6, 6.07) is 16.0. The molecule has 2 aliphatic heterocycles. The first-order valence-electron chi connectivity index (χ1n) is 9.11. The molecule has 0 saturated carbocycles. The highest BCUT2D eigenvalue weighted by molar-refractivity contribution is 5.52. The van der Waals surface area contributed by atoms with Crippen molar-refractivity contribution in [3.8, 4) is 6.07 Å². The number of nitrogens with zero attached hydrogens (tertiary/aromatic N) is 3. The number of benzene rings is 2. The fraction of sp³-hybridized carbons (Fsp3) is 0.381. The van der Waals surface area contributed by atoms with E-state index < -0.39 is 11.7 Å². The molecule has 0 amide bonds. The van der Waals surface area contributed by atoms with Crippen LogP contribution in [0.15, 0.2) is 48.5 Å². The summed E-state index contributed by atoms with van der Waals surface area (Å²) in [7, 11) is 0. The smallest absolute Gasteiger partial charge is 0.363 e. The molecule has 0 aromatic heterocycles. The van der Waals surface area contributed by atoms with Crippen molar-refractivity contribution in [3.63, 3.8) is 0 Å². The van der Waals surface area contributed by atoms with E-state index in [1.54, 1.807) is 12.1 Å². The normalized spacial score (nSPS) is 22.7. The molecule has 2 atom stereocenters. The lowest BCUT2D eigenvalue weighted by molar-refractivity contribution is -0.137. The van der Waals surface area contributed by atoms with Crippen LogP contribution in [0.3, 0.4) is 0 Å². The predicted octanol–water partition coefficient (Wildman–Crippen LogP) is 4.43. The van der Waals surface area contributed by atoms with Gasteiger partial charge in [0.25, 0.3) is 0 Å². The van der Waals surface area contributed by atoms with Crippen LogP contribution < -0.4 is 4.90 Å². The largest absolute Gasteiger partial charge is 0.416 e. The van der Waals surface area contributed by atoms with Gasteiger partial charge in [-0.05, 0) is 54.8 Å². The van der Waals surface area contributed by atoms with Crippen molar-refractivity contribution in [3.05, 3.63) is 65.2 Å². The Bertz CT molecular complexity index is 823. The fourth-order valence-corrected chi connectivity index (χ4v) is 4.31. The van der Waals surface area contributed by atoms with Crippen LogP contribution in [0.4, 0.5) is 18.9 Å². The molecule has 0 N–H and O–H groups in total. The summed E-state index contributed by atoms with van der Waals surface area (Å²) < 4.78 is 38.4. The number of piperazine rings is 1. The molecular weight excluding hydrogens is 351 g/mol. The SMILES string of the molecule is N#Cc1ccc(CN2CC3CCC(C2)N3c2ccc(C(F)(F)F)cc2)cc1. The Labute approximate surface area is 156 Å². The highest BCUT2D eigenvalue weighted by Gasteiger charge is 2.40. The maximum Gasteiger partial charge on any atom is 0.416 e. The average molecular weight is 371 g/mol. The van der Waals surface area contributed by atoms with Gasteiger partial charge in [0.05, 0.1) is 17.2 Å². The summed E-state index contributed by atoms with van der Waals surface area (Å²) in [6.07, 6.45) is -2.16. The first-order chi connectivity index (χ1) is 12.9. The molecule has 3 nitrogen and oxygen atoms in total. The Morgan fingerprint density at radius 3 is 2.04 bits per heavy atom. The second-order valence-corrected chi connectivity index (χ2v) is 7.34. The van der Waals surface area contributed by atoms with Crippen LogP contribution in [0.1, 0.15) is 29.5 Å². The van der Waals surface area contributed by atoms with Crippen LogP contribution in [0.25, 0.3) is 0 Å². The molecule has 0 aliphatic carbocycles. The van der Waals surface area contributed by atoms with Crippen LogP contribution >= 0.6 is 0 Å². The highest BCUT2D eigenvalue weighted by Crippen LogP contribution is 2.37. The third-order valence-electron chi connectivity index (χ3n) is 5.54. The van der Waals surface area contributed by atoms with E-state index in [1.807, 2.05) is 24.3 Å². The Morgan fingerprint density at radius 2 is 1.52 bits per heavy atom. The molecule has 2 fully saturated rings. The average Bonchev–Trinajstić information content (AvgIpc) is 2.92. The minimum Gasteiger partial charge on any atom is -0.363 e. The molecule has 0 spiro atoms. The number of likely N-dealkylation sites (tertiary alicyclic amines) is 1. The Kier molecular flexibility index (Phi) is 4.56. The van der Waals surface area contributed by atoms with Gasteiger partial charge >= 0.3 is 6.18 Å². The van der Waals surface area contributed by atoms with E-state index in [0.29, 0.717) is 17.6 Å². The van der Waals surface area contributed by atoms with Gasteiger partial charge in [-0.1, -0.05) is 12.1 Å². The molecule has 2 bridgehead atoms. The molecule has 2 heterocycles. The molecule has 140 valence electrons. The molecule has 27 heavy (non-hydrogen) atoms. The lowest BCUT2D eigenvalue weighted by Crippen LogP contribution is -2.53. The molecular formula is C21H20F3N3. The zero-order valence-corrected chi connectivity index (χ0v) is 14.8. The molecule has 2 aromatic carbocycles. The van der Waals surface area contributed by atoms with Crippen LogP contribution in [0.2, 0.25) is 0 Å². The highest BCUT2D eigenvalue weighted by atomic mass is 19.4. The number of alkyl halides is 3. The number of nitriles is 1. The van der Waals surface area contributed by atoms with Crippen molar-refractivity contribution in [2.45, 2.75) is 37.6 Å². The minimum absolute atomic E-state index is 0.332. The van der Waals surface area contributed by atoms with Crippen molar-refractivity contribution in [1.82, 2.24) is 4.90 Å². The third kappa shape index (κ3) is 3.65. The number of anilines is 1. The molecule has 2 aromatic rings. The Hall–Kier alpha value is -2.52. The van der Waals surface area contributed by atoms with Crippen molar-refractivity contribution in [1.29, 1.82) is 5.26 Å². The van der Waals surface area contributed by atoms with Crippen LogP contribution in [0.5, 0.6) is 0 Å². The van der Waals surface area contributed by atoms with Gasteiger partial charge in [-0.25, -0.2) is 0 Å². The standard InChI is InChI=1S/C21H20F3N3/c22-21(23,24)17-5-7-18(8-6-17)27-19-9-10-20(27)14-26(13-19)12-16-3-1-15(11-25)2-4-16/h1-8,19-20H,9-10,12-14H2. The summed E-state index contributed by atoms with van der Waals surface area (Å²) in [5.74, 6) is 0. The topological polar surface area (TPSA) is 30.3 Å². The van der Waals surface area contributed by atoms with E-state index in [0.717, 1.165) is 38.2 Å². The molecule has 2 saturated heterocycles. The predicted molar refractivity (Wildman–Crippen MR) is 97.2 cm³/mol. The number of fused-ring (bicyclic) bond motifs is 2. The lowest BCUT2D eigenvalue weighted by Gasteiger charge is -2.42. The van der Waals surface area contributed by atoms with Gasteiger partial charge < -0.3 is 4.90 Å². The van der Waals surface area contributed by atoms with Gasteiger partial charge in [0.2, 0.25) is 0 Å². The summed E-state index contributed by atoms with van der Waals surface area (Å²) in [4.78, 5) is 4.71. The number of hydrogen-bond acceptors (Lipinski definition) is 3. The first kappa shape index (κ1) is 17.9. The van der Waals surface area contributed by atoms with Gasteiger partial charge in [-0.3, -0.25) is 4.90 Å². The van der Waals surface area contributed by atoms with Gasteiger partial charge in [0.1, 0.15) is 0 Å². The molecule has 2 aliphatic rings. The monoisotopic (exact) mass is 371 g/mol. The molecule has 2 unspecified atom stereocenters. The second-order valence-electron chi connectivity index (χ2n) is 7.34. The molecule has 4 rings (SSSR count). The van der Waals surface area contributed by atoms with E-state index >= 15 is 0 Å². The van der Waals surface area contributed by atoms with Crippen LogP contribution in [-0.4, -0.2) is 30.1 Å². The van der Waals surface area contributed by atoms with Crippen molar-refractivity contribution in [2.24, 2.45) is 0 Å². The van der Waals surface area contributed by atoms with Crippen molar-refractivity contribution < 1.29 is 13.2 Å². The number of halogens is 3. The third-order valence-corrected chi connectivity index (χ3v) is 5.54. The molecule has 0 radical (unpaired) electrons. The second kappa shape index (κ2) is 6.90. The van der Waals surface area contributed by atoms with E-state index in [2.05, 4.69) is 15.9 Å². The zero-order chi connectivity index (χ0) is 19.0.